The van der Waals surface area contributed by atoms with Gasteiger partial charge in [0, 0.05) is 19.5 Å². The van der Waals surface area contributed by atoms with Gasteiger partial charge in [-0.1, -0.05) is 13.0 Å². The highest BCUT2D eigenvalue weighted by Crippen LogP contribution is 2.55. The lowest BCUT2D eigenvalue weighted by atomic mass is 9.96. The fraction of sp³-hybridized carbons (Fsp3) is 0.481. The van der Waals surface area contributed by atoms with Gasteiger partial charge >= 0.3 is 5.97 Å². The van der Waals surface area contributed by atoms with E-state index in [1.807, 2.05) is 13.8 Å². The number of carboxylic acid groups (broad SMARTS) is 1. The number of carboxylic acids is 1. The number of halogens is 1. The van der Waals surface area contributed by atoms with Crippen LogP contribution < -0.4 is 9.46 Å². The molecule has 3 aliphatic rings. The molecule has 0 spiro atoms. The maximum Gasteiger partial charge on any atom is 0.341 e. The van der Waals surface area contributed by atoms with E-state index in [1.165, 1.54) is 11.0 Å². The van der Waals surface area contributed by atoms with Crippen molar-refractivity contribution >= 4 is 27.6 Å². The number of aromatic carboxylic acids is 1. The molecule has 204 valence electrons. The van der Waals surface area contributed by atoms with E-state index in [0.717, 1.165) is 43.1 Å². The van der Waals surface area contributed by atoms with Gasteiger partial charge < -0.3 is 14.7 Å². The zero-order chi connectivity index (χ0) is 27.4. The Hall–Kier alpha value is -3.18. The average molecular weight is 546 g/mol. The molecule has 1 aliphatic carbocycles. The predicted octanol–water partition coefficient (Wildman–Crippen LogP) is 3.65. The Morgan fingerprint density at radius 3 is 2.76 bits per heavy atom. The molecule has 1 saturated carbocycles. The third-order valence-corrected chi connectivity index (χ3v) is 9.57. The minimum Gasteiger partial charge on any atom is -0.492 e. The van der Waals surface area contributed by atoms with Crippen LogP contribution in [0, 0.1) is 11.7 Å². The number of hydrogen-bond donors (Lipinski definition) is 2. The molecule has 9 nitrogen and oxygen atoms in total. The summed E-state index contributed by atoms with van der Waals surface area (Å²) in [7, 11) is -2.78. The smallest absolute Gasteiger partial charge is 0.341 e. The van der Waals surface area contributed by atoms with Crippen LogP contribution in [0.25, 0.3) is 0 Å². The summed E-state index contributed by atoms with van der Waals surface area (Å²) in [6.45, 7) is 5.63. The first kappa shape index (κ1) is 26.4. The van der Waals surface area contributed by atoms with E-state index in [2.05, 4.69) is 9.62 Å². The summed E-state index contributed by atoms with van der Waals surface area (Å²) < 4.78 is 49.5. The van der Waals surface area contributed by atoms with Gasteiger partial charge in [0.15, 0.2) is 0 Å². The lowest BCUT2D eigenvalue weighted by Crippen LogP contribution is -2.53. The van der Waals surface area contributed by atoms with Crippen LogP contribution >= 0.6 is 0 Å². The molecule has 1 saturated heterocycles. The van der Waals surface area contributed by atoms with E-state index in [9.17, 15) is 27.5 Å². The number of carbonyl (C=O) groups excluding carboxylic acids is 1. The summed E-state index contributed by atoms with van der Waals surface area (Å²) in [4.78, 5) is 28.8. The molecule has 2 N–H and O–H groups in total. The molecule has 38 heavy (non-hydrogen) atoms. The molecular weight excluding hydrogens is 513 g/mol. The monoisotopic (exact) mass is 545 g/mol. The quantitative estimate of drug-likeness (QED) is 0.520. The number of amides is 1. The Labute approximate surface area is 221 Å². The zero-order valence-electron chi connectivity index (χ0n) is 21.7. The van der Waals surface area contributed by atoms with Gasteiger partial charge in [-0.2, -0.15) is 0 Å². The molecule has 0 radical (unpaired) electrons. The average Bonchev–Trinajstić information content (AvgIpc) is 3.56. The second kappa shape index (κ2) is 9.53. The van der Waals surface area contributed by atoms with Crippen molar-refractivity contribution < 1.29 is 32.2 Å². The standard InChI is InChI=1S/C27H32FN3O6S/c1-4-31-11-5-10-27(31,2)26(34)30(3)14-16-12-18(28)6-9-22(16)38(35,36)29-21-8-7-19-20-13-17(20)15-37-24(19)23(21)25(32)33/h6-9,12,17,20,29H,4-5,10-11,13-15H2,1-3H3,(H,32,33)/t17?,20?,27-/m0/s1. The maximum atomic E-state index is 14.3. The summed E-state index contributed by atoms with van der Waals surface area (Å²) in [6.07, 6.45) is 2.47. The van der Waals surface area contributed by atoms with Crippen LogP contribution in [0.3, 0.4) is 0 Å². The highest BCUT2D eigenvalue weighted by atomic mass is 32.2. The fourth-order valence-electron chi connectivity index (χ4n) is 5.99. The molecule has 0 aromatic heterocycles. The third-order valence-electron chi connectivity index (χ3n) is 8.11. The SMILES string of the molecule is CCN1CCC[C@@]1(C)C(=O)N(C)Cc1cc(F)ccc1S(=O)(=O)Nc1ccc2c(c1C(=O)O)OCC1CC21. The summed E-state index contributed by atoms with van der Waals surface area (Å²) in [6, 6.07) is 6.38. The number of anilines is 1. The number of hydrogen-bond acceptors (Lipinski definition) is 6. The number of nitrogens with one attached hydrogen (secondary N) is 1. The molecule has 2 aromatic carbocycles. The molecule has 2 fully saturated rings. The molecule has 3 atom stereocenters. The van der Waals surface area contributed by atoms with Gasteiger partial charge in [-0.05, 0) is 80.6 Å². The third kappa shape index (κ3) is 4.51. The van der Waals surface area contributed by atoms with Crippen molar-refractivity contribution in [3.8, 4) is 5.75 Å². The van der Waals surface area contributed by atoms with E-state index < -0.39 is 27.3 Å². The fourth-order valence-corrected chi connectivity index (χ4v) is 7.27. The van der Waals surface area contributed by atoms with E-state index in [-0.39, 0.29) is 45.8 Å². The van der Waals surface area contributed by atoms with Crippen LogP contribution in [0.4, 0.5) is 10.1 Å². The van der Waals surface area contributed by atoms with E-state index in [0.29, 0.717) is 25.5 Å². The minimum atomic E-state index is -4.35. The van der Waals surface area contributed by atoms with Crippen molar-refractivity contribution in [1.82, 2.24) is 9.80 Å². The number of fused-ring (bicyclic) bond motifs is 3. The van der Waals surface area contributed by atoms with Gasteiger partial charge in [0.25, 0.3) is 10.0 Å². The number of rotatable bonds is 8. The number of likely N-dealkylation sites (tertiary alicyclic amines) is 1. The zero-order valence-corrected chi connectivity index (χ0v) is 22.5. The molecule has 1 amide bonds. The number of sulfonamides is 1. The summed E-state index contributed by atoms with van der Waals surface area (Å²) >= 11 is 0. The van der Waals surface area contributed by atoms with Crippen molar-refractivity contribution in [2.75, 3.05) is 31.5 Å². The van der Waals surface area contributed by atoms with Crippen molar-refractivity contribution in [3.63, 3.8) is 0 Å². The van der Waals surface area contributed by atoms with Gasteiger partial charge in [0.1, 0.15) is 17.1 Å². The highest BCUT2D eigenvalue weighted by Gasteiger charge is 2.46. The normalized spacial score (nSPS) is 24.2. The van der Waals surface area contributed by atoms with E-state index >= 15 is 0 Å². The first-order valence-corrected chi connectivity index (χ1v) is 14.3. The van der Waals surface area contributed by atoms with Crippen molar-refractivity contribution in [1.29, 1.82) is 0 Å². The number of ether oxygens (including phenoxy) is 1. The second-order valence-electron chi connectivity index (χ2n) is 10.6. The van der Waals surface area contributed by atoms with Crippen molar-refractivity contribution in [2.24, 2.45) is 5.92 Å². The van der Waals surface area contributed by atoms with Crippen LogP contribution in [-0.2, 0) is 21.4 Å². The van der Waals surface area contributed by atoms with Gasteiger partial charge in [0.05, 0.1) is 22.7 Å². The summed E-state index contributed by atoms with van der Waals surface area (Å²) in [5, 5.41) is 9.92. The molecular formula is C27H32FN3O6S. The van der Waals surface area contributed by atoms with Crippen LogP contribution in [0.1, 0.15) is 60.5 Å². The van der Waals surface area contributed by atoms with Crippen LogP contribution in [0.5, 0.6) is 5.75 Å². The molecule has 5 rings (SSSR count). The second-order valence-corrected chi connectivity index (χ2v) is 12.3. The topological polar surface area (TPSA) is 116 Å². The Kier molecular flexibility index (Phi) is 6.63. The maximum absolute atomic E-state index is 14.3. The summed E-state index contributed by atoms with van der Waals surface area (Å²) in [5.74, 6) is -1.35. The van der Waals surface area contributed by atoms with Crippen LogP contribution in [-0.4, -0.2) is 67.5 Å². The number of benzene rings is 2. The van der Waals surface area contributed by atoms with E-state index in [4.69, 9.17) is 4.74 Å². The van der Waals surface area contributed by atoms with Crippen molar-refractivity contribution in [3.05, 3.63) is 52.8 Å². The van der Waals surface area contributed by atoms with Crippen LogP contribution in [0.2, 0.25) is 0 Å². The molecule has 2 aliphatic heterocycles. The summed E-state index contributed by atoms with van der Waals surface area (Å²) in [5.41, 5.74) is -0.238. The van der Waals surface area contributed by atoms with Gasteiger partial charge in [-0.25, -0.2) is 17.6 Å². The molecule has 2 unspecified atom stereocenters. The van der Waals surface area contributed by atoms with Crippen molar-refractivity contribution in [2.45, 2.75) is 56.0 Å². The molecule has 2 aromatic rings. The Morgan fingerprint density at radius 2 is 2.05 bits per heavy atom. The van der Waals surface area contributed by atoms with E-state index in [1.54, 1.807) is 13.1 Å². The largest absolute Gasteiger partial charge is 0.492 e. The lowest BCUT2D eigenvalue weighted by molar-refractivity contribution is -0.141. The number of carbonyl (C=O) groups is 2. The number of nitrogens with zero attached hydrogens (tertiary/aromatic N) is 2. The molecule has 2 heterocycles. The number of likely N-dealkylation sites (N-methyl/N-ethyl adjacent to an activating group) is 2. The first-order chi connectivity index (χ1) is 18.0. The molecule has 0 bridgehead atoms. The highest BCUT2D eigenvalue weighted by molar-refractivity contribution is 7.92. The predicted molar refractivity (Wildman–Crippen MR) is 138 cm³/mol. The van der Waals surface area contributed by atoms with Crippen LogP contribution in [0.15, 0.2) is 35.2 Å². The Bertz CT molecular complexity index is 1410. The Morgan fingerprint density at radius 1 is 1.29 bits per heavy atom. The van der Waals surface area contributed by atoms with Gasteiger partial charge in [-0.3, -0.25) is 14.4 Å². The minimum absolute atomic E-state index is 0.0879. The molecule has 11 heteroatoms. The first-order valence-electron chi connectivity index (χ1n) is 12.8. The van der Waals surface area contributed by atoms with Gasteiger partial charge in [0.2, 0.25) is 5.91 Å². The van der Waals surface area contributed by atoms with Gasteiger partial charge in [-0.15, -0.1) is 0 Å². The Balaban J connectivity index is 1.45. The lowest BCUT2D eigenvalue weighted by Gasteiger charge is -2.36.